The van der Waals surface area contributed by atoms with Crippen LogP contribution >= 0.6 is 11.8 Å². The van der Waals surface area contributed by atoms with Gasteiger partial charge in [0.05, 0.1) is 11.5 Å². The smallest absolute Gasteiger partial charge is 0.152 e. The highest BCUT2D eigenvalue weighted by Gasteiger charge is 2.28. The summed E-state index contributed by atoms with van der Waals surface area (Å²) >= 11 is 1.95. The topological polar surface area (TPSA) is 46.2 Å². The van der Waals surface area contributed by atoms with E-state index in [9.17, 15) is 8.42 Å². The summed E-state index contributed by atoms with van der Waals surface area (Å²) < 4.78 is 23.1. The van der Waals surface area contributed by atoms with Crippen LogP contribution in [0.25, 0.3) is 0 Å². The van der Waals surface area contributed by atoms with E-state index in [1.165, 1.54) is 30.6 Å². The minimum Gasteiger partial charge on any atom is -0.380 e. The van der Waals surface area contributed by atoms with Gasteiger partial charge in [-0.15, -0.1) is 11.8 Å². The molecule has 1 saturated carbocycles. The van der Waals surface area contributed by atoms with Crippen LogP contribution in [0.3, 0.4) is 0 Å². The molecule has 0 spiro atoms. The summed E-state index contributed by atoms with van der Waals surface area (Å²) in [6.45, 7) is 0. The van der Waals surface area contributed by atoms with E-state index < -0.39 is 9.84 Å². The first-order chi connectivity index (χ1) is 9.62. The molecule has 1 atom stereocenters. The highest BCUT2D eigenvalue weighted by atomic mass is 32.2. The molecule has 1 aliphatic heterocycles. The summed E-state index contributed by atoms with van der Waals surface area (Å²) in [5, 5.41) is 4.17. The molecule has 0 bridgehead atoms. The molecule has 1 aromatic carbocycles. The average molecular weight is 311 g/mol. The highest BCUT2D eigenvalue weighted by molar-refractivity contribution is 8.00. The van der Waals surface area contributed by atoms with E-state index in [-0.39, 0.29) is 11.8 Å². The van der Waals surface area contributed by atoms with Gasteiger partial charge in [-0.3, -0.25) is 0 Å². The SMILES string of the molecule is O=S1(=O)CCC(Nc2ccccc2SC2CCCC2)C1. The van der Waals surface area contributed by atoms with E-state index in [0.29, 0.717) is 5.75 Å². The number of hydrogen-bond acceptors (Lipinski definition) is 4. The molecule has 2 fully saturated rings. The Morgan fingerprint density at radius 3 is 2.55 bits per heavy atom. The summed E-state index contributed by atoms with van der Waals surface area (Å²) in [6, 6.07) is 8.38. The lowest BCUT2D eigenvalue weighted by molar-refractivity contribution is 0.602. The van der Waals surface area contributed by atoms with Crippen LogP contribution in [0.15, 0.2) is 29.2 Å². The molecular weight excluding hydrogens is 290 g/mol. The molecule has 1 aromatic rings. The second-order valence-corrected chi connectivity index (χ2v) is 9.34. The van der Waals surface area contributed by atoms with Crippen molar-refractivity contribution in [2.75, 3.05) is 16.8 Å². The first-order valence-electron chi connectivity index (χ1n) is 7.35. The Labute approximate surface area is 125 Å². The van der Waals surface area contributed by atoms with Crippen molar-refractivity contribution in [3.63, 3.8) is 0 Å². The molecule has 110 valence electrons. The Balaban J connectivity index is 1.69. The fraction of sp³-hybridized carbons (Fsp3) is 0.600. The van der Waals surface area contributed by atoms with Crippen molar-refractivity contribution < 1.29 is 8.42 Å². The molecule has 0 radical (unpaired) electrons. The van der Waals surface area contributed by atoms with Crippen LogP contribution in [0, 0.1) is 0 Å². The zero-order valence-electron chi connectivity index (χ0n) is 11.5. The first-order valence-corrected chi connectivity index (χ1v) is 10.1. The van der Waals surface area contributed by atoms with Gasteiger partial charge in [-0.25, -0.2) is 8.42 Å². The summed E-state index contributed by atoms with van der Waals surface area (Å²) in [5.74, 6) is 0.595. The van der Waals surface area contributed by atoms with E-state index in [0.717, 1.165) is 17.4 Å². The molecule has 0 aromatic heterocycles. The monoisotopic (exact) mass is 311 g/mol. The lowest BCUT2D eigenvalue weighted by atomic mass is 10.2. The van der Waals surface area contributed by atoms with Gasteiger partial charge in [-0.1, -0.05) is 25.0 Å². The second-order valence-electron chi connectivity index (χ2n) is 5.76. The highest BCUT2D eigenvalue weighted by Crippen LogP contribution is 2.38. The predicted octanol–water partition coefficient (Wildman–Crippen LogP) is 3.32. The standard InChI is InChI=1S/C15H21NO2S2/c17-20(18)10-9-12(11-20)16-14-7-3-4-8-15(14)19-13-5-1-2-6-13/h3-4,7-8,12-13,16H,1-2,5-6,9-11H2. The van der Waals surface area contributed by atoms with Gasteiger partial charge in [-0.05, 0) is 31.4 Å². The Kier molecular flexibility index (Phi) is 4.26. The predicted molar refractivity (Wildman–Crippen MR) is 85.2 cm³/mol. The maximum absolute atomic E-state index is 11.5. The molecule has 1 heterocycles. The minimum absolute atomic E-state index is 0.0744. The molecule has 5 heteroatoms. The quantitative estimate of drug-likeness (QED) is 0.926. The Morgan fingerprint density at radius 2 is 1.85 bits per heavy atom. The van der Waals surface area contributed by atoms with E-state index in [2.05, 4.69) is 23.5 Å². The van der Waals surface area contributed by atoms with Gasteiger partial charge in [0.15, 0.2) is 9.84 Å². The van der Waals surface area contributed by atoms with E-state index >= 15 is 0 Å². The fourth-order valence-electron chi connectivity index (χ4n) is 3.00. The van der Waals surface area contributed by atoms with Crippen molar-refractivity contribution in [2.24, 2.45) is 0 Å². The van der Waals surface area contributed by atoms with Gasteiger partial charge < -0.3 is 5.32 Å². The molecule has 2 aliphatic rings. The largest absolute Gasteiger partial charge is 0.380 e. The maximum atomic E-state index is 11.5. The van der Waals surface area contributed by atoms with Crippen LogP contribution in [-0.2, 0) is 9.84 Å². The van der Waals surface area contributed by atoms with Crippen LogP contribution in [0.1, 0.15) is 32.1 Å². The van der Waals surface area contributed by atoms with E-state index in [4.69, 9.17) is 0 Å². The van der Waals surface area contributed by atoms with Crippen molar-refractivity contribution in [3.8, 4) is 0 Å². The number of thioether (sulfide) groups is 1. The number of hydrogen-bond donors (Lipinski definition) is 1. The van der Waals surface area contributed by atoms with Gasteiger partial charge in [0, 0.05) is 21.9 Å². The van der Waals surface area contributed by atoms with E-state index in [1.807, 2.05) is 17.8 Å². The van der Waals surface area contributed by atoms with Crippen molar-refractivity contribution in [2.45, 2.75) is 48.3 Å². The zero-order chi connectivity index (χ0) is 14.0. The Morgan fingerprint density at radius 1 is 1.10 bits per heavy atom. The van der Waals surface area contributed by atoms with Crippen LogP contribution in [0.5, 0.6) is 0 Å². The van der Waals surface area contributed by atoms with Crippen molar-refractivity contribution in [3.05, 3.63) is 24.3 Å². The molecule has 0 amide bonds. The average Bonchev–Trinajstić information content (AvgIpc) is 3.02. The lowest BCUT2D eigenvalue weighted by Gasteiger charge is -2.17. The van der Waals surface area contributed by atoms with Gasteiger partial charge in [0.1, 0.15) is 0 Å². The van der Waals surface area contributed by atoms with Crippen molar-refractivity contribution in [1.29, 1.82) is 0 Å². The molecule has 3 nitrogen and oxygen atoms in total. The number of rotatable bonds is 4. The maximum Gasteiger partial charge on any atom is 0.152 e. The van der Waals surface area contributed by atoms with Gasteiger partial charge in [-0.2, -0.15) is 0 Å². The first kappa shape index (κ1) is 14.3. The molecular formula is C15H21NO2S2. The molecule has 1 N–H and O–H groups in total. The van der Waals surface area contributed by atoms with Crippen LogP contribution < -0.4 is 5.32 Å². The zero-order valence-corrected chi connectivity index (χ0v) is 13.2. The lowest BCUT2D eigenvalue weighted by Crippen LogP contribution is -2.21. The molecule has 20 heavy (non-hydrogen) atoms. The third kappa shape index (κ3) is 3.50. The number of benzene rings is 1. The van der Waals surface area contributed by atoms with Crippen molar-refractivity contribution >= 4 is 27.3 Å². The molecule has 1 aliphatic carbocycles. The fourth-order valence-corrected chi connectivity index (χ4v) is 6.02. The van der Waals surface area contributed by atoms with Gasteiger partial charge in [0.25, 0.3) is 0 Å². The molecule has 1 unspecified atom stereocenters. The third-order valence-electron chi connectivity index (χ3n) is 4.07. The van der Waals surface area contributed by atoms with Crippen LogP contribution in [-0.4, -0.2) is 31.2 Å². The van der Waals surface area contributed by atoms with Crippen LogP contribution in [0.4, 0.5) is 5.69 Å². The normalized spacial score (nSPS) is 25.9. The van der Waals surface area contributed by atoms with Crippen molar-refractivity contribution in [1.82, 2.24) is 0 Å². The Bertz CT molecular complexity index is 565. The molecule has 3 rings (SSSR count). The summed E-state index contributed by atoms with van der Waals surface area (Å²) in [6.07, 6.45) is 6.01. The number of nitrogens with one attached hydrogen (secondary N) is 1. The number of para-hydroxylation sites is 1. The summed E-state index contributed by atoms with van der Waals surface area (Å²) in [7, 11) is -2.82. The van der Waals surface area contributed by atoms with Gasteiger partial charge >= 0.3 is 0 Å². The summed E-state index contributed by atoms with van der Waals surface area (Å²) in [4.78, 5) is 1.27. The van der Waals surface area contributed by atoms with E-state index in [1.54, 1.807) is 0 Å². The summed E-state index contributed by atoms with van der Waals surface area (Å²) in [5.41, 5.74) is 1.10. The molecule has 1 saturated heterocycles. The number of sulfone groups is 1. The minimum atomic E-state index is -2.82. The second kappa shape index (κ2) is 5.98. The third-order valence-corrected chi connectivity index (χ3v) is 7.26. The Hall–Kier alpha value is -0.680. The van der Waals surface area contributed by atoms with Crippen LogP contribution in [0.2, 0.25) is 0 Å². The van der Waals surface area contributed by atoms with Gasteiger partial charge in [0.2, 0.25) is 0 Å². The number of anilines is 1.